The van der Waals surface area contributed by atoms with Gasteiger partial charge in [0.2, 0.25) is 5.91 Å². The molecule has 180 valence electrons. The lowest BCUT2D eigenvalue weighted by Gasteiger charge is -2.19. The first-order valence-electron chi connectivity index (χ1n) is 11.1. The van der Waals surface area contributed by atoms with Crippen LogP contribution >= 0.6 is 11.8 Å². The number of para-hydroxylation sites is 1. The van der Waals surface area contributed by atoms with Gasteiger partial charge in [-0.25, -0.2) is 14.8 Å². The van der Waals surface area contributed by atoms with Crippen LogP contribution < -0.4 is 16.6 Å². The van der Waals surface area contributed by atoms with Crippen molar-refractivity contribution in [3.63, 3.8) is 0 Å². The molecule has 0 unspecified atom stereocenters. The van der Waals surface area contributed by atoms with Crippen LogP contribution in [-0.4, -0.2) is 30.8 Å². The molecule has 1 N–H and O–H groups in total. The molecule has 35 heavy (non-hydrogen) atoms. The molecule has 0 atom stereocenters. The Morgan fingerprint density at radius 2 is 1.60 bits per heavy atom. The van der Waals surface area contributed by atoms with Gasteiger partial charge in [-0.15, -0.1) is 0 Å². The lowest BCUT2D eigenvalue weighted by molar-refractivity contribution is -0.113. The van der Waals surface area contributed by atoms with Gasteiger partial charge in [-0.3, -0.25) is 18.7 Å². The minimum Gasteiger partial charge on any atom is -0.325 e. The summed E-state index contributed by atoms with van der Waals surface area (Å²) in [4.78, 5) is 47.6. The van der Waals surface area contributed by atoms with Gasteiger partial charge in [0.25, 0.3) is 5.56 Å². The van der Waals surface area contributed by atoms with E-state index in [-0.39, 0.29) is 22.7 Å². The Hall–Kier alpha value is -3.72. The van der Waals surface area contributed by atoms with Gasteiger partial charge >= 0.3 is 5.69 Å². The number of fused-ring (bicyclic) bond motifs is 1. The van der Waals surface area contributed by atoms with Crippen LogP contribution in [0.1, 0.15) is 26.6 Å². The second-order valence-electron chi connectivity index (χ2n) is 9.26. The monoisotopic (exact) mass is 489 g/mol. The second kappa shape index (κ2) is 9.50. The molecule has 0 saturated carbocycles. The lowest BCUT2D eigenvalue weighted by Crippen LogP contribution is -2.38. The van der Waals surface area contributed by atoms with E-state index in [1.165, 1.54) is 11.6 Å². The lowest BCUT2D eigenvalue weighted by atomic mass is 9.96. The molecular formula is C26H27N5O3S. The van der Waals surface area contributed by atoms with Crippen molar-refractivity contribution in [3.8, 4) is 11.1 Å². The number of hydrogen-bond donors (Lipinski definition) is 1. The van der Waals surface area contributed by atoms with Crippen LogP contribution in [-0.2, 0) is 24.3 Å². The number of rotatable bonds is 5. The van der Waals surface area contributed by atoms with E-state index in [0.29, 0.717) is 16.5 Å². The molecule has 0 aliphatic rings. The van der Waals surface area contributed by atoms with E-state index >= 15 is 0 Å². The van der Waals surface area contributed by atoms with Crippen molar-refractivity contribution in [2.24, 2.45) is 14.1 Å². The third kappa shape index (κ3) is 4.90. The van der Waals surface area contributed by atoms with Crippen molar-refractivity contribution in [2.75, 3.05) is 11.1 Å². The summed E-state index contributed by atoms with van der Waals surface area (Å²) in [5.41, 5.74) is 1.50. The molecule has 2 aromatic carbocycles. The smallest absolute Gasteiger partial charge is 0.325 e. The molecule has 0 spiro atoms. The zero-order valence-corrected chi connectivity index (χ0v) is 21.1. The first kappa shape index (κ1) is 24.4. The summed E-state index contributed by atoms with van der Waals surface area (Å²) in [5, 5.41) is 3.58. The topological polar surface area (TPSA) is 98.9 Å². The molecular weight excluding hydrogens is 462 g/mol. The van der Waals surface area contributed by atoms with E-state index in [1.54, 1.807) is 7.05 Å². The Bertz CT molecular complexity index is 1540. The van der Waals surface area contributed by atoms with Crippen molar-refractivity contribution >= 4 is 34.4 Å². The Morgan fingerprint density at radius 1 is 0.943 bits per heavy atom. The van der Waals surface area contributed by atoms with Gasteiger partial charge in [-0.05, 0) is 11.6 Å². The van der Waals surface area contributed by atoms with Crippen LogP contribution in [0.5, 0.6) is 0 Å². The number of aromatic nitrogens is 4. The molecule has 0 aliphatic heterocycles. The highest BCUT2D eigenvalue weighted by molar-refractivity contribution is 8.00. The predicted molar refractivity (Wildman–Crippen MR) is 140 cm³/mol. The van der Waals surface area contributed by atoms with Crippen LogP contribution in [0.2, 0.25) is 0 Å². The van der Waals surface area contributed by atoms with Crippen molar-refractivity contribution in [1.29, 1.82) is 0 Å². The van der Waals surface area contributed by atoms with E-state index in [2.05, 4.69) is 15.3 Å². The SMILES string of the molecule is Cn1c(=O)c2c(SCC(=O)Nc3ccccc3-c3ccccc3)nc(C(C)(C)C)nc2n(C)c1=O. The maximum absolute atomic E-state index is 13.0. The molecule has 9 heteroatoms. The highest BCUT2D eigenvalue weighted by Gasteiger charge is 2.24. The summed E-state index contributed by atoms with van der Waals surface area (Å²) in [5.74, 6) is 0.292. The summed E-state index contributed by atoms with van der Waals surface area (Å²) < 4.78 is 2.37. The molecule has 0 fully saturated rings. The molecule has 4 rings (SSSR count). The van der Waals surface area contributed by atoms with Gasteiger partial charge in [0.1, 0.15) is 16.2 Å². The highest BCUT2D eigenvalue weighted by atomic mass is 32.2. The third-order valence-corrected chi connectivity index (χ3v) is 6.54. The zero-order chi connectivity index (χ0) is 25.3. The van der Waals surface area contributed by atoms with E-state index in [4.69, 9.17) is 0 Å². The van der Waals surface area contributed by atoms with Gasteiger partial charge in [0.05, 0.1) is 5.75 Å². The van der Waals surface area contributed by atoms with Crippen molar-refractivity contribution < 1.29 is 4.79 Å². The molecule has 2 aromatic heterocycles. The number of nitrogens with zero attached hydrogens (tertiary/aromatic N) is 4. The quantitative estimate of drug-likeness (QED) is 0.339. The van der Waals surface area contributed by atoms with Crippen LogP contribution in [0.25, 0.3) is 22.2 Å². The average Bonchev–Trinajstić information content (AvgIpc) is 2.84. The van der Waals surface area contributed by atoms with Crippen molar-refractivity contribution in [3.05, 3.63) is 81.3 Å². The number of anilines is 1. The first-order valence-corrected chi connectivity index (χ1v) is 12.1. The summed E-state index contributed by atoms with van der Waals surface area (Å²) in [6.07, 6.45) is 0. The largest absolute Gasteiger partial charge is 0.332 e. The molecule has 8 nitrogen and oxygen atoms in total. The number of carbonyl (C=O) groups is 1. The molecule has 0 saturated heterocycles. The minimum absolute atomic E-state index is 0.0326. The van der Waals surface area contributed by atoms with Crippen molar-refractivity contribution in [2.45, 2.75) is 31.2 Å². The van der Waals surface area contributed by atoms with Crippen LogP contribution in [0.15, 0.2) is 69.2 Å². The van der Waals surface area contributed by atoms with Gasteiger partial charge in [0, 0.05) is 30.8 Å². The molecule has 0 bridgehead atoms. The van der Waals surface area contributed by atoms with Gasteiger partial charge in [-0.1, -0.05) is 81.1 Å². The summed E-state index contributed by atoms with van der Waals surface area (Å²) in [6, 6.07) is 17.4. The van der Waals surface area contributed by atoms with Crippen molar-refractivity contribution in [1.82, 2.24) is 19.1 Å². The standard InChI is InChI=1S/C26H27N5O3S/c1-26(2,3)24-28-21-20(23(33)31(5)25(34)30(21)4)22(29-24)35-15-19(32)27-18-14-10-9-13-17(18)16-11-7-6-8-12-16/h6-14H,15H2,1-5H3,(H,27,32). The Kier molecular flexibility index (Phi) is 6.62. The van der Waals surface area contributed by atoms with Crippen LogP contribution in [0.4, 0.5) is 5.69 Å². The van der Waals surface area contributed by atoms with Gasteiger partial charge < -0.3 is 5.32 Å². The molecule has 2 heterocycles. The summed E-state index contributed by atoms with van der Waals surface area (Å²) in [7, 11) is 2.99. The maximum Gasteiger partial charge on any atom is 0.332 e. The Labute approximate surface area is 207 Å². The highest BCUT2D eigenvalue weighted by Crippen LogP contribution is 2.29. The normalized spacial score (nSPS) is 11.6. The van der Waals surface area contributed by atoms with E-state index in [9.17, 15) is 14.4 Å². The Balaban J connectivity index is 1.68. The third-order valence-electron chi connectivity index (χ3n) is 5.56. The number of thioether (sulfide) groups is 1. The van der Waals surface area contributed by atoms with E-state index in [0.717, 1.165) is 27.5 Å². The predicted octanol–water partition coefficient (Wildman–Crippen LogP) is 3.72. The number of benzene rings is 2. The molecule has 0 aliphatic carbocycles. The fourth-order valence-corrected chi connectivity index (χ4v) is 4.46. The molecule has 1 amide bonds. The average molecular weight is 490 g/mol. The van der Waals surface area contributed by atoms with Crippen LogP contribution in [0, 0.1) is 0 Å². The fourth-order valence-electron chi connectivity index (χ4n) is 3.65. The fraction of sp³-hybridized carbons (Fsp3) is 0.269. The summed E-state index contributed by atoms with van der Waals surface area (Å²) in [6.45, 7) is 5.86. The molecule has 4 aromatic rings. The van der Waals surface area contributed by atoms with E-state index < -0.39 is 16.7 Å². The minimum atomic E-state index is -0.485. The number of carbonyl (C=O) groups excluding carboxylic acids is 1. The number of hydrogen-bond acceptors (Lipinski definition) is 6. The van der Waals surface area contributed by atoms with E-state index in [1.807, 2.05) is 75.4 Å². The van der Waals surface area contributed by atoms with Gasteiger partial charge in [-0.2, -0.15) is 0 Å². The maximum atomic E-state index is 13.0. The Morgan fingerprint density at radius 3 is 2.29 bits per heavy atom. The first-order chi connectivity index (χ1) is 16.6. The summed E-state index contributed by atoms with van der Waals surface area (Å²) >= 11 is 1.15. The van der Waals surface area contributed by atoms with Gasteiger partial charge in [0.15, 0.2) is 5.65 Å². The zero-order valence-electron chi connectivity index (χ0n) is 20.3. The van der Waals surface area contributed by atoms with Crippen LogP contribution in [0.3, 0.4) is 0 Å². The number of amides is 1. The number of aryl methyl sites for hydroxylation is 1. The molecule has 0 radical (unpaired) electrons. The number of nitrogens with one attached hydrogen (secondary N) is 1. The second-order valence-corrected chi connectivity index (χ2v) is 10.2.